The summed E-state index contributed by atoms with van der Waals surface area (Å²) in [6.45, 7) is 3.38. The molecule has 2 amide bonds. The summed E-state index contributed by atoms with van der Waals surface area (Å²) in [4.78, 5) is 26.5. The first-order valence-electron chi connectivity index (χ1n) is 11.3. The minimum Gasteiger partial charge on any atom is -0.268 e. The van der Waals surface area contributed by atoms with Crippen molar-refractivity contribution >= 4 is 27.3 Å². The maximum Gasteiger partial charge on any atom is 0.416 e. The average molecular weight is 496 g/mol. The number of anilines is 1. The van der Waals surface area contributed by atoms with Crippen molar-refractivity contribution in [3.05, 3.63) is 64.7 Å². The first-order chi connectivity index (χ1) is 15.9. The van der Waals surface area contributed by atoms with E-state index in [2.05, 4.69) is 0 Å². The number of hydrogen-bond acceptors (Lipinski definition) is 4. The highest BCUT2D eigenvalue weighted by Gasteiger charge is 2.37. The lowest BCUT2D eigenvalue weighted by Crippen LogP contribution is -2.29. The summed E-state index contributed by atoms with van der Waals surface area (Å²) in [6.07, 6.45) is 0.392. The Balaban J connectivity index is 1.55. The first kappa shape index (κ1) is 25.9. The zero-order valence-electron chi connectivity index (χ0n) is 19.2. The number of nitrogens with zero attached hydrogens (tertiary/aromatic N) is 1. The molecule has 1 aliphatic heterocycles. The number of carbonyl (C=O) groups excluding carboxylic acids is 2. The molecule has 9 heteroatoms. The minimum absolute atomic E-state index is 0.0974. The highest BCUT2D eigenvalue weighted by Crippen LogP contribution is 2.33. The van der Waals surface area contributed by atoms with Crippen molar-refractivity contribution in [1.29, 1.82) is 0 Å². The van der Waals surface area contributed by atoms with E-state index in [4.69, 9.17) is 0 Å². The van der Waals surface area contributed by atoms with Gasteiger partial charge in [-0.3, -0.25) is 9.59 Å². The Kier molecular flexibility index (Phi) is 7.85. The third kappa shape index (κ3) is 5.87. The second kappa shape index (κ2) is 10.3. The van der Waals surface area contributed by atoms with Gasteiger partial charge in [-0.1, -0.05) is 25.3 Å². The van der Waals surface area contributed by atoms with E-state index in [1.54, 1.807) is 32.0 Å². The van der Waals surface area contributed by atoms with E-state index in [0.717, 1.165) is 60.4 Å². The Labute approximate surface area is 197 Å². The van der Waals surface area contributed by atoms with Crippen molar-refractivity contribution in [3.8, 4) is 0 Å². The molecule has 0 radical (unpaired) electrons. The van der Waals surface area contributed by atoms with Crippen molar-refractivity contribution in [1.82, 2.24) is 0 Å². The summed E-state index contributed by atoms with van der Waals surface area (Å²) < 4.78 is 62.0. The Hall–Kier alpha value is -2.68. The highest BCUT2D eigenvalue weighted by molar-refractivity contribution is 7.91. The molecule has 34 heavy (non-hydrogen) atoms. The van der Waals surface area contributed by atoms with Gasteiger partial charge in [0, 0.05) is 0 Å². The molecule has 3 rings (SSSR count). The van der Waals surface area contributed by atoms with Gasteiger partial charge < -0.3 is 0 Å². The van der Waals surface area contributed by atoms with Gasteiger partial charge in [0.2, 0.25) is 0 Å². The number of alkyl halides is 3. The predicted octanol–water partition coefficient (Wildman–Crippen LogP) is 5.82. The van der Waals surface area contributed by atoms with Gasteiger partial charge in [-0.05, 0) is 75.1 Å². The van der Waals surface area contributed by atoms with E-state index in [0.29, 0.717) is 12.8 Å². The zero-order chi connectivity index (χ0) is 25.1. The summed E-state index contributed by atoms with van der Waals surface area (Å²) in [5, 5.41) is -0.350. The van der Waals surface area contributed by atoms with E-state index in [-0.39, 0.29) is 27.8 Å². The lowest BCUT2D eigenvalue weighted by atomic mass is 10.0. The number of carbonyl (C=O) groups is 2. The van der Waals surface area contributed by atoms with Gasteiger partial charge in [-0.15, -0.1) is 0 Å². The predicted molar refractivity (Wildman–Crippen MR) is 125 cm³/mol. The standard InChI is InChI=1S/C25H28F3NO4S/c1-17(2)34(32,33)15-7-5-3-4-6-8-18-9-14-21-22(16-18)24(31)29(23(21)30)20-12-10-19(11-13-20)25(26,27)28/h9-14,16-17H,3-8,15H2,1-2H3. The SMILES string of the molecule is CC(C)S(=O)(=O)CCCCCCCc1ccc2c(c1)C(=O)N(c1ccc(C(F)(F)F)cc1)C2=O. The van der Waals surface area contributed by atoms with E-state index in [1.165, 1.54) is 0 Å². The third-order valence-electron chi connectivity index (χ3n) is 6.02. The van der Waals surface area contributed by atoms with Gasteiger partial charge in [-0.25, -0.2) is 13.3 Å². The smallest absolute Gasteiger partial charge is 0.268 e. The van der Waals surface area contributed by atoms with Crippen LogP contribution in [0.15, 0.2) is 42.5 Å². The molecule has 2 aromatic rings. The number of halogens is 3. The number of amides is 2. The highest BCUT2D eigenvalue weighted by atomic mass is 32.2. The van der Waals surface area contributed by atoms with Gasteiger partial charge in [0.15, 0.2) is 9.84 Å². The number of hydrogen-bond donors (Lipinski definition) is 0. The van der Waals surface area contributed by atoms with Crippen LogP contribution >= 0.6 is 0 Å². The van der Waals surface area contributed by atoms with Crippen LogP contribution < -0.4 is 4.90 Å². The fraction of sp³-hybridized carbons (Fsp3) is 0.440. The molecular weight excluding hydrogens is 467 g/mol. The molecule has 5 nitrogen and oxygen atoms in total. The molecule has 0 N–H and O–H groups in total. The molecule has 1 heterocycles. The zero-order valence-corrected chi connectivity index (χ0v) is 20.0. The van der Waals surface area contributed by atoms with Crippen LogP contribution in [-0.4, -0.2) is 31.2 Å². The Morgan fingerprint density at radius 2 is 1.41 bits per heavy atom. The lowest BCUT2D eigenvalue weighted by Gasteiger charge is -2.15. The van der Waals surface area contributed by atoms with Crippen LogP contribution in [0.25, 0.3) is 0 Å². The molecule has 184 valence electrons. The molecule has 0 atom stereocenters. The van der Waals surface area contributed by atoms with Crippen LogP contribution in [0.3, 0.4) is 0 Å². The maximum absolute atomic E-state index is 12.9. The monoisotopic (exact) mass is 495 g/mol. The molecule has 0 bridgehead atoms. The summed E-state index contributed by atoms with van der Waals surface area (Å²) >= 11 is 0. The lowest BCUT2D eigenvalue weighted by molar-refractivity contribution is -0.137. The molecule has 0 unspecified atom stereocenters. The largest absolute Gasteiger partial charge is 0.416 e. The number of rotatable bonds is 10. The summed E-state index contributed by atoms with van der Waals surface area (Å²) in [5.74, 6) is -0.892. The van der Waals surface area contributed by atoms with Gasteiger partial charge in [-0.2, -0.15) is 13.2 Å². The Morgan fingerprint density at radius 1 is 0.824 bits per heavy atom. The van der Waals surface area contributed by atoms with E-state index < -0.39 is 33.4 Å². The quantitative estimate of drug-likeness (QED) is 0.308. The molecule has 0 aliphatic carbocycles. The number of imide groups is 1. The van der Waals surface area contributed by atoms with Gasteiger partial charge >= 0.3 is 6.18 Å². The molecule has 0 fully saturated rings. The van der Waals surface area contributed by atoms with Crippen LogP contribution in [0, 0.1) is 0 Å². The van der Waals surface area contributed by atoms with Crippen molar-refractivity contribution in [2.24, 2.45) is 0 Å². The Bertz CT molecular complexity index is 1160. The molecule has 1 aliphatic rings. The molecule has 0 saturated carbocycles. The summed E-state index contributed by atoms with van der Waals surface area (Å²) in [6, 6.07) is 9.00. The van der Waals surface area contributed by atoms with Gasteiger partial charge in [0.25, 0.3) is 11.8 Å². The van der Waals surface area contributed by atoms with Crippen LogP contribution in [0.1, 0.15) is 77.8 Å². The van der Waals surface area contributed by atoms with E-state index in [1.807, 2.05) is 0 Å². The van der Waals surface area contributed by atoms with Crippen molar-refractivity contribution < 1.29 is 31.2 Å². The van der Waals surface area contributed by atoms with Crippen molar-refractivity contribution in [3.63, 3.8) is 0 Å². The molecule has 0 spiro atoms. The first-order valence-corrected chi connectivity index (χ1v) is 13.0. The van der Waals surface area contributed by atoms with E-state index in [9.17, 15) is 31.2 Å². The normalized spacial score (nSPS) is 14.2. The summed E-state index contributed by atoms with van der Waals surface area (Å²) in [5.41, 5.74) is 0.634. The van der Waals surface area contributed by atoms with Crippen LogP contribution in [0.4, 0.5) is 18.9 Å². The van der Waals surface area contributed by atoms with Gasteiger partial charge in [0.1, 0.15) is 0 Å². The average Bonchev–Trinajstić information content (AvgIpc) is 3.02. The number of fused-ring (bicyclic) bond motifs is 1. The van der Waals surface area contributed by atoms with Crippen molar-refractivity contribution in [2.45, 2.75) is 63.8 Å². The number of aryl methyl sites for hydroxylation is 1. The second-order valence-electron chi connectivity index (χ2n) is 8.80. The third-order valence-corrected chi connectivity index (χ3v) is 8.31. The van der Waals surface area contributed by atoms with Crippen molar-refractivity contribution in [2.75, 3.05) is 10.7 Å². The van der Waals surface area contributed by atoms with Crippen LogP contribution in [0.2, 0.25) is 0 Å². The fourth-order valence-corrected chi connectivity index (χ4v) is 4.95. The van der Waals surface area contributed by atoms with Crippen LogP contribution in [-0.2, 0) is 22.4 Å². The van der Waals surface area contributed by atoms with E-state index >= 15 is 0 Å². The second-order valence-corrected chi connectivity index (χ2v) is 11.5. The topological polar surface area (TPSA) is 71.5 Å². The number of sulfone groups is 1. The Morgan fingerprint density at radius 3 is 2.03 bits per heavy atom. The molecule has 2 aromatic carbocycles. The fourth-order valence-electron chi connectivity index (χ4n) is 3.88. The minimum atomic E-state index is -4.50. The number of unbranched alkanes of at least 4 members (excludes halogenated alkanes) is 4. The van der Waals surface area contributed by atoms with Crippen LogP contribution in [0.5, 0.6) is 0 Å². The molecular formula is C25H28F3NO4S. The summed E-state index contributed by atoms with van der Waals surface area (Å²) in [7, 11) is -3.00. The molecule has 0 saturated heterocycles. The van der Waals surface area contributed by atoms with Gasteiger partial charge in [0.05, 0.1) is 33.4 Å². The maximum atomic E-state index is 12.9. The number of benzene rings is 2. The molecule has 0 aromatic heterocycles.